The fraction of sp³-hybridized carbons (Fsp3) is 0.697. The van der Waals surface area contributed by atoms with Gasteiger partial charge in [-0.1, -0.05) is 90.2 Å². The minimum atomic E-state index is -0.894. The van der Waals surface area contributed by atoms with Gasteiger partial charge in [0.15, 0.2) is 0 Å². The molecule has 9 heteroatoms. The van der Waals surface area contributed by atoms with Crippen LogP contribution < -0.4 is 5.73 Å². The van der Waals surface area contributed by atoms with E-state index in [1.54, 1.807) is 38.2 Å². The van der Waals surface area contributed by atoms with Gasteiger partial charge in [-0.15, -0.1) is 0 Å². The summed E-state index contributed by atoms with van der Waals surface area (Å²) >= 11 is 0. The average Bonchev–Trinajstić information content (AvgIpc) is 2.93. The van der Waals surface area contributed by atoms with E-state index in [1.165, 1.54) is 0 Å². The molecular formula is C33H55NO8. The molecule has 1 heterocycles. The molecule has 42 heavy (non-hydrogen) atoms. The molecule has 1 aliphatic rings. The Kier molecular flexibility index (Phi) is 15.7. The summed E-state index contributed by atoms with van der Waals surface area (Å²) in [5, 5.41) is 42.8. The van der Waals surface area contributed by atoms with Gasteiger partial charge in [0.05, 0.1) is 30.3 Å². The number of hydrogen-bond acceptors (Lipinski definition) is 8. The number of hydrogen-bond donors (Lipinski definition) is 5. The Hall–Kier alpha value is -2.46. The van der Waals surface area contributed by atoms with Crippen molar-refractivity contribution in [3.05, 3.63) is 48.6 Å². The molecule has 13 atom stereocenters. The van der Waals surface area contributed by atoms with Crippen molar-refractivity contribution in [2.75, 3.05) is 0 Å². The summed E-state index contributed by atoms with van der Waals surface area (Å²) in [4.78, 5) is 23.5. The lowest BCUT2D eigenvalue weighted by atomic mass is 9.81. The van der Waals surface area contributed by atoms with Crippen LogP contribution in [0.15, 0.2) is 48.6 Å². The van der Waals surface area contributed by atoms with Gasteiger partial charge in [-0.05, 0) is 26.2 Å². The fourth-order valence-electron chi connectivity index (χ4n) is 5.80. The van der Waals surface area contributed by atoms with Gasteiger partial charge in [0, 0.05) is 36.0 Å². The van der Waals surface area contributed by atoms with Crippen molar-refractivity contribution < 1.29 is 39.5 Å². The normalized spacial score (nSPS) is 28.3. The van der Waals surface area contributed by atoms with Crippen molar-refractivity contribution >= 4 is 12.1 Å². The Morgan fingerprint density at radius 2 is 1.64 bits per heavy atom. The van der Waals surface area contributed by atoms with Gasteiger partial charge in [0.25, 0.3) is 0 Å². The number of aliphatic hydroxyl groups excluding tert-OH is 4. The highest BCUT2D eigenvalue weighted by Gasteiger charge is 2.41. The number of carbonyl (C=O) groups excluding carboxylic acids is 2. The Morgan fingerprint density at radius 3 is 2.21 bits per heavy atom. The highest BCUT2D eigenvalue weighted by Crippen LogP contribution is 2.30. The first-order valence-electron chi connectivity index (χ1n) is 15.0. The summed E-state index contributed by atoms with van der Waals surface area (Å²) in [5.74, 6) is -2.52. The minimum absolute atomic E-state index is 0.152. The van der Waals surface area contributed by atoms with Crippen LogP contribution >= 0.6 is 0 Å². The predicted molar refractivity (Wildman–Crippen MR) is 164 cm³/mol. The Balaban J connectivity index is 2.76. The number of nitrogens with two attached hydrogens (primary N) is 1. The standard InChI is InChI=1S/C33H55NO8/c1-10-11-12-20(4)31(42-33(34)40)24(8)29(37)22(6)16-18(2)15-21(5)28(36)19(3)13-14-26(35)17-27-23(7)30(38)25(9)32(39)41-27/h10-15,19-31,35-38H,1,16-17H2,2-9H3,(H2,34,40)/b12-11-,14-13-,18-15-/t19-,20-,21-,22-,23-,24?,25+,26+,27-,28-,29+,30-,31-/m0/s1. The minimum Gasteiger partial charge on any atom is -0.462 e. The maximum Gasteiger partial charge on any atom is 0.404 e. The van der Waals surface area contributed by atoms with Crippen LogP contribution in [0.4, 0.5) is 4.79 Å². The van der Waals surface area contributed by atoms with Crippen LogP contribution in [0.2, 0.25) is 0 Å². The lowest BCUT2D eigenvalue weighted by Crippen LogP contribution is -2.47. The van der Waals surface area contributed by atoms with E-state index in [0.717, 1.165) is 5.57 Å². The van der Waals surface area contributed by atoms with Crippen LogP contribution in [0.5, 0.6) is 0 Å². The van der Waals surface area contributed by atoms with Crippen LogP contribution in [0.3, 0.4) is 0 Å². The number of amides is 1. The number of rotatable bonds is 16. The monoisotopic (exact) mass is 593 g/mol. The van der Waals surface area contributed by atoms with Crippen molar-refractivity contribution in [1.29, 1.82) is 0 Å². The average molecular weight is 594 g/mol. The molecule has 0 saturated carbocycles. The number of primary amides is 1. The fourth-order valence-corrected chi connectivity index (χ4v) is 5.80. The van der Waals surface area contributed by atoms with Gasteiger partial charge >= 0.3 is 12.1 Å². The number of esters is 1. The second-order valence-electron chi connectivity index (χ2n) is 12.4. The summed E-state index contributed by atoms with van der Waals surface area (Å²) in [6, 6.07) is 0. The molecule has 0 spiro atoms. The molecule has 240 valence electrons. The van der Waals surface area contributed by atoms with Crippen LogP contribution in [0, 0.1) is 41.4 Å². The van der Waals surface area contributed by atoms with E-state index in [0.29, 0.717) is 6.42 Å². The van der Waals surface area contributed by atoms with Crippen molar-refractivity contribution in [1.82, 2.24) is 0 Å². The Labute approximate surface area is 252 Å². The molecule has 1 saturated heterocycles. The largest absolute Gasteiger partial charge is 0.462 e. The maximum atomic E-state index is 12.0. The summed E-state index contributed by atoms with van der Waals surface area (Å²) in [6.07, 6.45) is 6.04. The van der Waals surface area contributed by atoms with E-state index < -0.39 is 54.6 Å². The maximum absolute atomic E-state index is 12.0. The Bertz CT molecular complexity index is 962. The van der Waals surface area contributed by atoms with Crippen molar-refractivity contribution in [3.8, 4) is 0 Å². The molecule has 0 aromatic carbocycles. The van der Waals surface area contributed by atoms with Gasteiger partial charge in [-0.2, -0.15) is 0 Å². The van der Waals surface area contributed by atoms with Crippen LogP contribution in [-0.4, -0.2) is 69.1 Å². The Morgan fingerprint density at radius 1 is 1.02 bits per heavy atom. The van der Waals surface area contributed by atoms with Gasteiger partial charge in [0.1, 0.15) is 12.2 Å². The summed E-state index contributed by atoms with van der Waals surface area (Å²) in [7, 11) is 0. The SMILES string of the molecule is C=C/C=C\[C@H](C)[C@H](OC(N)=O)C(C)[C@H](O)[C@@H](C)C/C(C)=C\[C@H](C)[C@@H](O)[C@@H](C)/C=C\[C@@H](O)C[C@@H]1OC(=O)[C@H](C)[C@@H](O)[C@H]1C. The second kappa shape index (κ2) is 17.6. The zero-order valence-electron chi connectivity index (χ0n) is 26.6. The topological polar surface area (TPSA) is 160 Å². The number of allylic oxidation sites excluding steroid dienone is 3. The number of cyclic esters (lactones) is 1. The van der Waals surface area contributed by atoms with Crippen LogP contribution in [0.1, 0.15) is 68.2 Å². The van der Waals surface area contributed by atoms with E-state index >= 15 is 0 Å². The number of ether oxygens (including phenoxy) is 2. The molecule has 1 aliphatic heterocycles. The predicted octanol–water partition coefficient (Wildman–Crippen LogP) is 4.30. The van der Waals surface area contributed by atoms with E-state index in [9.17, 15) is 30.0 Å². The molecule has 9 nitrogen and oxygen atoms in total. The highest BCUT2D eigenvalue weighted by molar-refractivity contribution is 5.73. The van der Waals surface area contributed by atoms with Gasteiger partial charge in [-0.3, -0.25) is 4.79 Å². The number of carbonyl (C=O) groups is 2. The van der Waals surface area contributed by atoms with Crippen molar-refractivity contribution in [3.63, 3.8) is 0 Å². The van der Waals surface area contributed by atoms with Crippen molar-refractivity contribution in [2.45, 2.75) is 105 Å². The smallest absolute Gasteiger partial charge is 0.404 e. The molecule has 1 amide bonds. The van der Waals surface area contributed by atoms with Crippen LogP contribution in [-0.2, 0) is 14.3 Å². The first-order valence-corrected chi connectivity index (χ1v) is 15.0. The molecular weight excluding hydrogens is 538 g/mol. The van der Waals surface area contributed by atoms with Gasteiger partial charge in [-0.25, -0.2) is 4.79 Å². The van der Waals surface area contributed by atoms with Crippen molar-refractivity contribution in [2.24, 2.45) is 47.2 Å². The molecule has 1 fully saturated rings. The van der Waals surface area contributed by atoms with E-state index in [4.69, 9.17) is 15.2 Å². The lowest BCUT2D eigenvalue weighted by Gasteiger charge is -2.36. The van der Waals surface area contributed by atoms with Gasteiger partial charge < -0.3 is 35.6 Å². The third kappa shape index (κ3) is 11.3. The molecule has 1 unspecified atom stereocenters. The first-order chi connectivity index (χ1) is 19.5. The quantitative estimate of drug-likeness (QED) is 0.101. The highest BCUT2D eigenvalue weighted by atomic mass is 16.6. The van der Waals surface area contributed by atoms with E-state index in [1.807, 2.05) is 53.7 Å². The number of aliphatic hydroxyl groups is 4. The summed E-state index contributed by atoms with van der Waals surface area (Å²) < 4.78 is 10.8. The summed E-state index contributed by atoms with van der Waals surface area (Å²) in [6.45, 7) is 18.5. The first kappa shape index (κ1) is 37.6. The molecule has 6 N–H and O–H groups in total. The third-order valence-electron chi connectivity index (χ3n) is 8.62. The molecule has 0 aliphatic carbocycles. The van der Waals surface area contributed by atoms with E-state index in [-0.39, 0.29) is 41.9 Å². The zero-order valence-corrected chi connectivity index (χ0v) is 26.6. The molecule has 0 radical (unpaired) electrons. The zero-order chi connectivity index (χ0) is 32.3. The third-order valence-corrected chi connectivity index (χ3v) is 8.62. The summed E-state index contributed by atoms with van der Waals surface area (Å²) in [5.41, 5.74) is 6.30. The van der Waals surface area contributed by atoms with E-state index in [2.05, 4.69) is 6.58 Å². The molecule has 0 aromatic rings. The lowest BCUT2D eigenvalue weighted by molar-refractivity contribution is -0.179. The van der Waals surface area contributed by atoms with Crippen LogP contribution in [0.25, 0.3) is 0 Å². The van der Waals surface area contributed by atoms with Gasteiger partial charge in [0.2, 0.25) is 0 Å². The second-order valence-corrected chi connectivity index (χ2v) is 12.4. The molecule has 0 aromatic heterocycles. The molecule has 1 rings (SSSR count). The molecule has 0 bridgehead atoms.